The maximum Gasteiger partial charge on any atom is 0.114 e. The van der Waals surface area contributed by atoms with Gasteiger partial charge >= 0.3 is 0 Å². The first-order valence-electron chi connectivity index (χ1n) is 6.85. The topological polar surface area (TPSA) is 12.4 Å². The minimum atomic E-state index is -1.10. The standard InChI is InChI=1S/C15H23NSSi/c1-18(2,3)17-15-10-6-7-13(11-15)12-16-14-8-4-5-9-14/h6-7,10-12,14H,4-5,8-9H2,1-3H3. The van der Waals surface area contributed by atoms with Gasteiger partial charge in [-0.2, -0.15) is 11.2 Å². The second-order valence-electron chi connectivity index (χ2n) is 6.00. The summed E-state index contributed by atoms with van der Waals surface area (Å²) >= 11 is 2.05. The van der Waals surface area contributed by atoms with Gasteiger partial charge in [0.05, 0.1) is 0 Å². The predicted molar refractivity (Wildman–Crippen MR) is 85.5 cm³/mol. The first kappa shape index (κ1) is 13.9. The SMILES string of the molecule is C[Si](C)(C)Sc1cccc(C=NC2CCCC2)c1. The van der Waals surface area contributed by atoms with Gasteiger partial charge in [0.1, 0.15) is 7.22 Å². The molecule has 0 bridgehead atoms. The van der Waals surface area contributed by atoms with Gasteiger partial charge in [-0.25, -0.2) is 0 Å². The van der Waals surface area contributed by atoms with Crippen LogP contribution in [0.5, 0.6) is 0 Å². The molecule has 1 nitrogen and oxygen atoms in total. The van der Waals surface area contributed by atoms with Crippen LogP contribution in [-0.2, 0) is 0 Å². The highest BCUT2D eigenvalue weighted by Gasteiger charge is 2.15. The number of hydrogen-bond donors (Lipinski definition) is 0. The van der Waals surface area contributed by atoms with Crippen molar-refractivity contribution in [3.05, 3.63) is 29.8 Å². The van der Waals surface area contributed by atoms with E-state index in [-0.39, 0.29) is 0 Å². The summed E-state index contributed by atoms with van der Waals surface area (Å²) in [5.74, 6) is 0. The molecule has 1 saturated carbocycles. The van der Waals surface area contributed by atoms with Gasteiger partial charge in [-0.1, -0.05) is 44.6 Å². The van der Waals surface area contributed by atoms with Crippen molar-refractivity contribution >= 4 is 24.6 Å². The number of nitrogens with zero attached hydrogens (tertiary/aromatic N) is 1. The van der Waals surface area contributed by atoms with Crippen molar-refractivity contribution in [3.63, 3.8) is 0 Å². The molecule has 0 atom stereocenters. The van der Waals surface area contributed by atoms with Crippen LogP contribution in [0.15, 0.2) is 34.2 Å². The molecular weight excluding hydrogens is 254 g/mol. The molecular formula is C15H23NSSi. The van der Waals surface area contributed by atoms with E-state index in [1.807, 2.05) is 0 Å². The fraction of sp³-hybridized carbons (Fsp3) is 0.533. The van der Waals surface area contributed by atoms with Crippen LogP contribution in [0.3, 0.4) is 0 Å². The quantitative estimate of drug-likeness (QED) is 0.559. The number of aliphatic imine (C=N–C) groups is 1. The Balaban J connectivity index is 2.02. The molecule has 2 rings (SSSR count). The van der Waals surface area contributed by atoms with E-state index in [1.54, 1.807) is 0 Å². The van der Waals surface area contributed by atoms with E-state index < -0.39 is 7.22 Å². The first-order chi connectivity index (χ1) is 8.53. The van der Waals surface area contributed by atoms with Crippen molar-refractivity contribution < 1.29 is 0 Å². The third-order valence-electron chi connectivity index (χ3n) is 3.04. The van der Waals surface area contributed by atoms with Crippen LogP contribution in [0.1, 0.15) is 31.2 Å². The lowest BCUT2D eigenvalue weighted by Crippen LogP contribution is -2.13. The number of hydrogen-bond acceptors (Lipinski definition) is 2. The molecule has 3 heteroatoms. The summed E-state index contributed by atoms with van der Waals surface area (Å²) < 4.78 is 0. The average Bonchev–Trinajstić information content (AvgIpc) is 2.77. The molecule has 98 valence electrons. The van der Waals surface area contributed by atoms with E-state index >= 15 is 0 Å². The Labute approximate surface area is 116 Å². The third-order valence-corrected chi connectivity index (χ3v) is 6.69. The molecule has 1 fully saturated rings. The Kier molecular flexibility index (Phi) is 4.68. The molecule has 1 aromatic carbocycles. The van der Waals surface area contributed by atoms with Gasteiger partial charge in [-0.3, -0.25) is 4.99 Å². The molecule has 0 spiro atoms. The summed E-state index contributed by atoms with van der Waals surface area (Å²) in [7, 11) is -1.10. The van der Waals surface area contributed by atoms with Crippen LogP contribution in [-0.4, -0.2) is 19.5 Å². The van der Waals surface area contributed by atoms with Crippen molar-refractivity contribution in [1.82, 2.24) is 0 Å². The molecule has 0 saturated heterocycles. The molecule has 1 aliphatic carbocycles. The van der Waals surface area contributed by atoms with Gasteiger partial charge in [0.25, 0.3) is 0 Å². The Bertz CT molecular complexity index is 417. The summed E-state index contributed by atoms with van der Waals surface area (Å²) in [6, 6.07) is 9.39. The lowest BCUT2D eigenvalue weighted by atomic mass is 10.2. The molecule has 0 aromatic heterocycles. The van der Waals surface area contributed by atoms with Crippen molar-refractivity contribution in [2.75, 3.05) is 0 Å². The molecule has 0 heterocycles. The molecule has 1 aliphatic rings. The summed E-state index contributed by atoms with van der Waals surface area (Å²) in [4.78, 5) is 6.10. The lowest BCUT2D eigenvalue weighted by Gasteiger charge is -2.15. The largest absolute Gasteiger partial charge is 0.289 e. The lowest BCUT2D eigenvalue weighted by molar-refractivity contribution is 0.710. The number of rotatable bonds is 4. The second kappa shape index (κ2) is 6.07. The van der Waals surface area contributed by atoms with E-state index in [0.717, 1.165) is 0 Å². The fourth-order valence-corrected chi connectivity index (χ4v) is 5.81. The van der Waals surface area contributed by atoms with E-state index in [4.69, 9.17) is 4.99 Å². The third kappa shape index (κ3) is 4.62. The zero-order chi connectivity index (χ0) is 13.0. The van der Waals surface area contributed by atoms with E-state index in [0.29, 0.717) is 6.04 Å². The van der Waals surface area contributed by atoms with Gasteiger partial charge in [0.15, 0.2) is 0 Å². The van der Waals surface area contributed by atoms with Crippen LogP contribution in [0, 0.1) is 0 Å². The molecule has 0 amide bonds. The molecule has 18 heavy (non-hydrogen) atoms. The molecule has 0 radical (unpaired) electrons. The van der Waals surface area contributed by atoms with Crippen LogP contribution in [0.2, 0.25) is 19.6 Å². The van der Waals surface area contributed by atoms with E-state index in [9.17, 15) is 0 Å². The minimum absolute atomic E-state index is 0.582. The molecule has 1 aromatic rings. The Hall–Kier alpha value is -0.543. The average molecular weight is 278 g/mol. The molecule has 0 aliphatic heterocycles. The van der Waals surface area contributed by atoms with E-state index in [1.165, 1.54) is 36.1 Å². The van der Waals surface area contributed by atoms with Crippen molar-refractivity contribution in [2.45, 2.75) is 56.3 Å². The van der Waals surface area contributed by atoms with Crippen LogP contribution in [0.25, 0.3) is 0 Å². The van der Waals surface area contributed by atoms with Crippen molar-refractivity contribution in [2.24, 2.45) is 4.99 Å². The summed E-state index contributed by atoms with van der Waals surface area (Å²) in [5.41, 5.74) is 1.25. The van der Waals surface area contributed by atoms with Gasteiger partial charge in [-0.05, 0) is 30.5 Å². The van der Waals surface area contributed by atoms with Gasteiger partial charge in [0.2, 0.25) is 0 Å². The van der Waals surface area contributed by atoms with Crippen LogP contribution >= 0.6 is 11.2 Å². The summed E-state index contributed by atoms with van der Waals surface area (Å²) in [6.45, 7) is 7.16. The predicted octanol–water partition coefficient (Wildman–Crippen LogP) is 4.98. The molecule has 0 N–H and O–H groups in total. The first-order valence-corrected chi connectivity index (χ1v) is 11.9. The summed E-state index contributed by atoms with van der Waals surface area (Å²) in [5, 5.41) is 0. The maximum atomic E-state index is 4.71. The van der Waals surface area contributed by atoms with Crippen LogP contribution in [0.4, 0.5) is 0 Å². The van der Waals surface area contributed by atoms with Gasteiger partial charge in [-0.15, -0.1) is 0 Å². The Morgan fingerprint density at radius 3 is 2.61 bits per heavy atom. The fourth-order valence-electron chi connectivity index (χ4n) is 2.26. The smallest absolute Gasteiger partial charge is 0.114 e. The maximum absolute atomic E-state index is 4.71. The van der Waals surface area contributed by atoms with Crippen molar-refractivity contribution in [1.29, 1.82) is 0 Å². The van der Waals surface area contributed by atoms with Gasteiger partial charge < -0.3 is 0 Å². The minimum Gasteiger partial charge on any atom is -0.289 e. The highest BCUT2D eigenvalue weighted by molar-refractivity contribution is 8.28. The van der Waals surface area contributed by atoms with Gasteiger partial charge in [0, 0.05) is 17.2 Å². The molecule has 0 unspecified atom stereocenters. The number of benzene rings is 1. The van der Waals surface area contributed by atoms with Crippen molar-refractivity contribution in [3.8, 4) is 0 Å². The highest BCUT2D eigenvalue weighted by atomic mass is 32.4. The second-order valence-corrected chi connectivity index (χ2v) is 15.2. The highest BCUT2D eigenvalue weighted by Crippen LogP contribution is 2.29. The summed E-state index contributed by atoms with van der Waals surface area (Å²) in [6.07, 6.45) is 7.34. The normalized spacial score (nSPS) is 17.7. The zero-order valence-corrected chi connectivity index (χ0v) is 13.5. The monoisotopic (exact) mass is 277 g/mol. The Morgan fingerprint density at radius 2 is 1.94 bits per heavy atom. The zero-order valence-electron chi connectivity index (χ0n) is 11.6. The van der Waals surface area contributed by atoms with Crippen LogP contribution < -0.4 is 0 Å². The Morgan fingerprint density at radius 1 is 1.22 bits per heavy atom. The van der Waals surface area contributed by atoms with E-state index in [2.05, 4.69) is 61.3 Å².